The summed E-state index contributed by atoms with van der Waals surface area (Å²) in [6.07, 6.45) is 7.79. The molecule has 0 aromatic heterocycles. The average molecular weight is 242 g/mol. The number of thioether (sulfide) groups is 1. The summed E-state index contributed by atoms with van der Waals surface area (Å²) in [4.78, 5) is 2.57. The Morgan fingerprint density at radius 2 is 2.25 bits per heavy atom. The highest BCUT2D eigenvalue weighted by molar-refractivity contribution is 7.98. The number of nitrogens with one attached hydrogen (secondary N) is 1. The van der Waals surface area contributed by atoms with Crippen molar-refractivity contribution in [3.8, 4) is 0 Å². The van der Waals surface area contributed by atoms with Crippen molar-refractivity contribution in [2.45, 2.75) is 50.7 Å². The summed E-state index contributed by atoms with van der Waals surface area (Å²) in [6.45, 7) is 3.67. The maximum Gasteiger partial charge on any atom is 0.0111 e. The van der Waals surface area contributed by atoms with Gasteiger partial charge in [-0.1, -0.05) is 0 Å². The van der Waals surface area contributed by atoms with Crippen LogP contribution in [0.1, 0.15) is 32.6 Å². The van der Waals surface area contributed by atoms with Gasteiger partial charge in [-0.3, -0.25) is 0 Å². The van der Waals surface area contributed by atoms with Gasteiger partial charge in [-0.2, -0.15) is 11.8 Å². The van der Waals surface area contributed by atoms with Gasteiger partial charge in [0.2, 0.25) is 0 Å². The van der Waals surface area contributed by atoms with Crippen molar-refractivity contribution in [2.24, 2.45) is 5.92 Å². The molecule has 0 aromatic carbocycles. The van der Waals surface area contributed by atoms with E-state index in [2.05, 4.69) is 30.4 Å². The predicted molar refractivity (Wildman–Crippen MR) is 73.1 cm³/mol. The largest absolute Gasteiger partial charge is 0.311 e. The predicted octanol–water partition coefficient (Wildman–Crippen LogP) is 2.20. The van der Waals surface area contributed by atoms with Crippen LogP contribution in [-0.4, -0.2) is 48.6 Å². The Kier molecular flexibility index (Phi) is 4.57. The fraction of sp³-hybridized carbons (Fsp3) is 1.00. The van der Waals surface area contributed by atoms with Crippen molar-refractivity contribution in [3.63, 3.8) is 0 Å². The lowest BCUT2D eigenvalue weighted by Crippen LogP contribution is -2.38. The number of hydrogen-bond acceptors (Lipinski definition) is 3. The molecule has 1 N–H and O–H groups in total. The van der Waals surface area contributed by atoms with Crippen LogP contribution in [0.2, 0.25) is 0 Å². The Balaban J connectivity index is 1.72. The molecule has 2 bridgehead atoms. The molecule has 94 valence electrons. The fourth-order valence-electron chi connectivity index (χ4n) is 3.20. The molecule has 2 aliphatic rings. The van der Waals surface area contributed by atoms with E-state index in [0.29, 0.717) is 0 Å². The van der Waals surface area contributed by atoms with Gasteiger partial charge in [-0.15, -0.1) is 0 Å². The summed E-state index contributed by atoms with van der Waals surface area (Å²) < 4.78 is 0. The standard InChI is InChI=1S/C13H26N2S/c1-10(6-7-16-3)15(2)9-11-8-12-4-5-13(11)14-12/h10-14H,4-9H2,1-3H3. The van der Waals surface area contributed by atoms with Gasteiger partial charge in [-0.25, -0.2) is 0 Å². The minimum atomic E-state index is 0.742. The van der Waals surface area contributed by atoms with Gasteiger partial charge in [0.25, 0.3) is 0 Å². The normalized spacial score (nSPS) is 34.9. The zero-order valence-electron chi connectivity index (χ0n) is 10.9. The van der Waals surface area contributed by atoms with Gasteiger partial charge in [-0.05, 0) is 57.6 Å². The molecule has 0 aliphatic carbocycles. The van der Waals surface area contributed by atoms with E-state index in [1.54, 1.807) is 0 Å². The first-order chi connectivity index (χ1) is 7.70. The van der Waals surface area contributed by atoms with Gasteiger partial charge >= 0.3 is 0 Å². The summed E-state index contributed by atoms with van der Waals surface area (Å²) in [6, 6.07) is 2.43. The van der Waals surface area contributed by atoms with Crippen LogP contribution >= 0.6 is 11.8 Å². The maximum absolute atomic E-state index is 3.73. The Bertz CT molecular complexity index is 222. The number of nitrogens with zero attached hydrogens (tertiary/aromatic N) is 1. The molecule has 2 heterocycles. The molecule has 0 radical (unpaired) electrons. The minimum Gasteiger partial charge on any atom is -0.311 e. The van der Waals surface area contributed by atoms with E-state index < -0.39 is 0 Å². The zero-order valence-corrected chi connectivity index (χ0v) is 11.7. The third kappa shape index (κ3) is 2.93. The van der Waals surface area contributed by atoms with E-state index in [0.717, 1.165) is 24.0 Å². The van der Waals surface area contributed by atoms with Gasteiger partial charge in [0.15, 0.2) is 0 Å². The first-order valence-electron chi connectivity index (χ1n) is 6.66. The molecule has 2 nitrogen and oxygen atoms in total. The summed E-state index contributed by atoms with van der Waals surface area (Å²) in [5.41, 5.74) is 0. The van der Waals surface area contributed by atoms with Crippen molar-refractivity contribution in [1.29, 1.82) is 0 Å². The van der Waals surface area contributed by atoms with Gasteiger partial charge in [0.1, 0.15) is 0 Å². The summed E-state index contributed by atoms with van der Waals surface area (Å²) in [5.74, 6) is 2.21. The molecule has 2 fully saturated rings. The first kappa shape index (κ1) is 12.7. The second-order valence-corrected chi connectivity index (χ2v) is 6.60. The highest BCUT2D eigenvalue weighted by atomic mass is 32.2. The second kappa shape index (κ2) is 5.74. The van der Waals surface area contributed by atoms with E-state index in [-0.39, 0.29) is 0 Å². The third-order valence-corrected chi connectivity index (χ3v) is 5.09. The molecule has 3 heteroatoms. The van der Waals surface area contributed by atoms with E-state index in [9.17, 15) is 0 Å². The Hall–Kier alpha value is 0.270. The van der Waals surface area contributed by atoms with Crippen LogP contribution in [-0.2, 0) is 0 Å². The van der Waals surface area contributed by atoms with E-state index in [1.807, 2.05) is 11.8 Å². The molecule has 2 aliphatic heterocycles. The lowest BCUT2D eigenvalue weighted by Gasteiger charge is -2.30. The van der Waals surface area contributed by atoms with Crippen molar-refractivity contribution >= 4 is 11.8 Å². The smallest absolute Gasteiger partial charge is 0.0111 e. The van der Waals surface area contributed by atoms with Crippen LogP contribution < -0.4 is 5.32 Å². The number of rotatable bonds is 6. The van der Waals surface area contributed by atoms with Crippen LogP contribution in [0.25, 0.3) is 0 Å². The van der Waals surface area contributed by atoms with E-state index in [1.165, 1.54) is 38.0 Å². The third-order valence-electron chi connectivity index (χ3n) is 4.45. The Labute approximate surface area is 105 Å². The fourth-order valence-corrected chi connectivity index (χ4v) is 3.77. The molecule has 2 rings (SSSR count). The van der Waals surface area contributed by atoms with Crippen molar-refractivity contribution in [2.75, 3.05) is 25.6 Å². The summed E-state index contributed by atoms with van der Waals surface area (Å²) in [5, 5.41) is 3.73. The van der Waals surface area contributed by atoms with Crippen molar-refractivity contribution in [3.05, 3.63) is 0 Å². The van der Waals surface area contributed by atoms with Gasteiger partial charge < -0.3 is 10.2 Å². The van der Waals surface area contributed by atoms with Crippen molar-refractivity contribution in [1.82, 2.24) is 10.2 Å². The van der Waals surface area contributed by atoms with Crippen LogP contribution in [0.5, 0.6) is 0 Å². The lowest BCUT2D eigenvalue weighted by molar-refractivity contribution is 0.197. The highest BCUT2D eigenvalue weighted by Crippen LogP contribution is 2.33. The summed E-state index contributed by atoms with van der Waals surface area (Å²) in [7, 11) is 2.30. The molecule has 0 saturated carbocycles. The topological polar surface area (TPSA) is 15.3 Å². The molecular formula is C13H26N2S. The van der Waals surface area contributed by atoms with Gasteiger partial charge in [0.05, 0.1) is 0 Å². The van der Waals surface area contributed by atoms with Crippen LogP contribution in [0.15, 0.2) is 0 Å². The van der Waals surface area contributed by atoms with E-state index in [4.69, 9.17) is 0 Å². The lowest BCUT2D eigenvalue weighted by atomic mass is 9.88. The Morgan fingerprint density at radius 1 is 1.44 bits per heavy atom. The quantitative estimate of drug-likeness (QED) is 0.769. The van der Waals surface area contributed by atoms with E-state index >= 15 is 0 Å². The van der Waals surface area contributed by atoms with Crippen LogP contribution in [0, 0.1) is 5.92 Å². The molecule has 0 spiro atoms. The Morgan fingerprint density at radius 3 is 2.81 bits per heavy atom. The first-order valence-corrected chi connectivity index (χ1v) is 8.05. The maximum atomic E-state index is 3.73. The molecule has 16 heavy (non-hydrogen) atoms. The molecule has 0 aromatic rings. The van der Waals surface area contributed by atoms with Crippen LogP contribution in [0.3, 0.4) is 0 Å². The molecule has 0 amide bonds. The zero-order chi connectivity index (χ0) is 11.5. The van der Waals surface area contributed by atoms with Crippen molar-refractivity contribution < 1.29 is 0 Å². The average Bonchev–Trinajstić information content (AvgIpc) is 2.87. The highest BCUT2D eigenvalue weighted by Gasteiger charge is 2.39. The molecule has 2 saturated heterocycles. The summed E-state index contributed by atoms with van der Waals surface area (Å²) >= 11 is 1.96. The molecule has 4 unspecified atom stereocenters. The number of hydrogen-bond donors (Lipinski definition) is 1. The molecular weight excluding hydrogens is 216 g/mol. The SMILES string of the molecule is CSCCC(C)N(C)CC1CC2CCC1N2. The second-order valence-electron chi connectivity index (χ2n) is 5.61. The molecule has 4 atom stereocenters. The number of fused-ring (bicyclic) bond motifs is 2. The van der Waals surface area contributed by atoms with Crippen LogP contribution in [0.4, 0.5) is 0 Å². The monoisotopic (exact) mass is 242 g/mol. The minimum absolute atomic E-state index is 0.742. The van der Waals surface area contributed by atoms with Gasteiger partial charge in [0, 0.05) is 24.7 Å².